The zero-order valence-corrected chi connectivity index (χ0v) is 20.0. The normalized spacial score (nSPS) is 9.31. The second-order valence-electron chi connectivity index (χ2n) is 6.73. The number of anilines is 2. The lowest BCUT2D eigenvalue weighted by atomic mass is 10.2. The number of nitriles is 4. The number of nitrogens with zero attached hydrogens (tertiary/aromatic N) is 6. The summed E-state index contributed by atoms with van der Waals surface area (Å²) in [4.78, 5) is 4.12. The smallest absolute Gasteiger partial charge is 0.369 e. The summed E-state index contributed by atoms with van der Waals surface area (Å²) in [5, 5.41) is 34.2. The summed E-state index contributed by atoms with van der Waals surface area (Å²) in [6.07, 6.45) is 1.95. The van der Waals surface area contributed by atoms with E-state index in [1.165, 1.54) is 0 Å². The van der Waals surface area contributed by atoms with Gasteiger partial charge in [-0.05, 0) is 24.3 Å². The minimum absolute atomic E-state index is 0.486. The molecule has 0 bridgehead atoms. The van der Waals surface area contributed by atoms with Crippen molar-refractivity contribution in [1.29, 1.82) is 21.0 Å². The fourth-order valence-corrected chi connectivity index (χ4v) is 2.76. The third-order valence-electron chi connectivity index (χ3n) is 4.22. The Morgan fingerprint density at radius 1 is 0.571 bits per heavy atom. The van der Waals surface area contributed by atoms with Crippen LogP contribution < -0.4 is 9.80 Å². The Labute approximate surface area is 207 Å². The Bertz CT molecular complexity index is 982. The number of hydrogen-bond donors (Lipinski definition) is 2. The standard InChI is InChI=1S/2C12H13N3.H2O4S/c2*13-8-4-10-15(11-5-9-14)12-6-2-1-3-7-12;1-5(2,3)4/h2*1-3,6-7H,4-5,10-11H2;(H2,1,2,3,4). The van der Waals surface area contributed by atoms with Gasteiger partial charge in [-0.15, -0.1) is 0 Å². The van der Waals surface area contributed by atoms with E-state index >= 15 is 0 Å². The van der Waals surface area contributed by atoms with Crippen LogP contribution in [0.2, 0.25) is 0 Å². The first-order valence-corrected chi connectivity index (χ1v) is 11.9. The van der Waals surface area contributed by atoms with Crippen molar-refractivity contribution in [1.82, 2.24) is 0 Å². The summed E-state index contributed by atoms with van der Waals surface area (Å²) >= 11 is 0. The van der Waals surface area contributed by atoms with Crippen molar-refractivity contribution in [2.24, 2.45) is 0 Å². The average molecular weight is 497 g/mol. The molecule has 184 valence electrons. The highest BCUT2D eigenvalue weighted by Gasteiger charge is 2.05. The van der Waals surface area contributed by atoms with Gasteiger partial charge in [-0.2, -0.15) is 29.5 Å². The lowest BCUT2D eigenvalue weighted by molar-refractivity contribution is 0.381. The van der Waals surface area contributed by atoms with Crippen molar-refractivity contribution < 1.29 is 17.5 Å². The molecule has 2 N–H and O–H groups in total. The Morgan fingerprint density at radius 3 is 1.00 bits per heavy atom. The molecular formula is C24H28N6O4S. The van der Waals surface area contributed by atoms with Crippen LogP contribution in [0.4, 0.5) is 11.4 Å². The van der Waals surface area contributed by atoms with Crippen LogP contribution in [0.15, 0.2) is 60.7 Å². The van der Waals surface area contributed by atoms with Gasteiger partial charge in [0.05, 0.1) is 50.0 Å². The van der Waals surface area contributed by atoms with E-state index in [-0.39, 0.29) is 0 Å². The molecule has 0 spiro atoms. The van der Waals surface area contributed by atoms with Crippen LogP contribution in [0.25, 0.3) is 0 Å². The van der Waals surface area contributed by atoms with Crippen LogP contribution in [0.3, 0.4) is 0 Å². The fraction of sp³-hybridized carbons (Fsp3) is 0.333. The van der Waals surface area contributed by atoms with Crippen molar-refractivity contribution in [2.45, 2.75) is 25.7 Å². The molecule has 0 unspecified atom stereocenters. The summed E-state index contributed by atoms with van der Waals surface area (Å²) < 4.78 is 31.6. The summed E-state index contributed by atoms with van der Waals surface area (Å²) in [5.74, 6) is 0. The molecule has 0 saturated heterocycles. The van der Waals surface area contributed by atoms with Crippen LogP contribution in [0, 0.1) is 45.3 Å². The van der Waals surface area contributed by atoms with Gasteiger partial charge in [-0.25, -0.2) is 0 Å². The Balaban J connectivity index is 0.000000555. The molecular weight excluding hydrogens is 468 g/mol. The zero-order valence-electron chi connectivity index (χ0n) is 19.2. The minimum atomic E-state index is -4.67. The Morgan fingerprint density at radius 2 is 0.800 bits per heavy atom. The highest BCUT2D eigenvalue weighted by Crippen LogP contribution is 2.14. The van der Waals surface area contributed by atoms with Gasteiger partial charge >= 0.3 is 10.4 Å². The van der Waals surface area contributed by atoms with E-state index in [4.69, 9.17) is 38.6 Å². The molecule has 0 aromatic heterocycles. The molecule has 2 aromatic carbocycles. The summed E-state index contributed by atoms with van der Waals surface area (Å²) in [6.45, 7) is 2.73. The predicted molar refractivity (Wildman–Crippen MR) is 132 cm³/mol. The number of rotatable bonds is 10. The van der Waals surface area contributed by atoms with Crippen molar-refractivity contribution >= 4 is 21.8 Å². The van der Waals surface area contributed by atoms with Crippen LogP contribution in [-0.2, 0) is 10.4 Å². The topological polar surface area (TPSA) is 176 Å². The van der Waals surface area contributed by atoms with Crippen LogP contribution >= 0.6 is 0 Å². The molecule has 0 aliphatic heterocycles. The Hall–Kier alpha value is -4.13. The monoisotopic (exact) mass is 496 g/mol. The molecule has 2 rings (SSSR count). The number of benzene rings is 2. The minimum Gasteiger partial charge on any atom is -0.369 e. The van der Waals surface area contributed by atoms with E-state index in [1.807, 2.05) is 60.7 Å². The highest BCUT2D eigenvalue weighted by atomic mass is 32.3. The third kappa shape index (κ3) is 18.0. The van der Waals surface area contributed by atoms with E-state index in [0.717, 1.165) is 11.4 Å². The summed E-state index contributed by atoms with van der Waals surface area (Å²) in [6, 6.07) is 28.2. The van der Waals surface area contributed by atoms with Crippen LogP contribution in [0.1, 0.15) is 25.7 Å². The summed E-state index contributed by atoms with van der Waals surface area (Å²) in [5.41, 5.74) is 2.14. The largest absolute Gasteiger partial charge is 0.394 e. The maximum Gasteiger partial charge on any atom is 0.394 e. The third-order valence-corrected chi connectivity index (χ3v) is 4.22. The Kier molecular flexibility index (Phi) is 17.1. The molecule has 0 aliphatic rings. The van der Waals surface area contributed by atoms with E-state index in [2.05, 4.69) is 34.1 Å². The molecule has 2 aromatic rings. The maximum absolute atomic E-state index is 8.74. The molecule has 35 heavy (non-hydrogen) atoms. The molecule has 0 amide bonds. The van der Waals surface area contributed by atoms with Gasteiger partial charge in [0.15, 0.2) is 0 Å². The van der Waals surface area contributed by atoms with E-state index in [1.54, 1.807) is 0 Å². The maximum atomic E-state index is 8.74. The first-order chi connectivity index (χ1) is 16.8. The van der Waals surface area contributed by atoms with E-state index in [0.29, 0.717) is 51.9 Å². The fourth-order valence-electron chi connectivity index (χ4n) is 2.76. The zero-order chi connectivity index (χ0) is 26.4. The quantitative estimate of drug-likeness (QED) is 0.457. The van der Waals surface area contributed by atoms with Gasteiger partial charge in [-0.3, -0.25) is 9.11 Å². The molecule has 0 atom stereocenters. The van der Waals surface area contributed by atoms with Gasteiger partial charge in [0.25, 0.3) is 0 Å². The van der Waals surface area contributed by atoms with Crippen molar-refractivity contribution in [3.8, 4) is 24.3 Å². The van der Waals surface area contributed by atoms with Gasteiger partial charge < -0.3 is 9.80 Å². The van der Waals surface area contributed by atoms with E-state index < -0.39 is 10.4 Å². The molecule has 0 saturated carbocycles. The van der Waals surface area contributed by atoms with Crippen molar-refractivity contribution in [2.75, 3.05) is 36.0 Å². The first-order valence-electron chi connectivity index (χ1n) is 10.5. The molecule has 0 radical (unpaired) electrons. The lowest BCUT2D eigenvalue weighted by Gasteiger charge is -2.22. The molecule has 0 fully saturated rings. The van der Waals surface area contributed by atoms with Gasteiger partial charge in [0, 0.05) is 37.6 Å². The molecule has 10 nitrogen and oxygen atoms in total. The van der Waals surface area contributed by atoms with E-state index in [9.17, 15) is 0 Å². The van der Waals surface area contributed by atoms with Gasteiger partial charge in [-0.1, -0.05) is 36.4 Å². The molecule has 0 aliphatic carbocycles. The highest BCUT2D eigenvalue weighted by molar-refractivity contribution is 7.79. The molecule has 11 heteroatoms. The van der Waals surface area contributed by atoms with Crippen LogP contribution in [-0.4, -0.2) is 43.7 Å². The first kappa shape index (κ1) is 30.9. The average Bonchev–Trinajstić information content (AvgIpc) is 2.85. The summed E-state index contributed by atoms with van der Waals surface area (Å²) in [7, 11) is -4.67. The van der Waals surface area contributed by atoms with Gasteiger partial charge in [0.2, 0.25) is 0 Å². The van der Waals surface area contributed by atoms with Gasteiger partial charge in [0.1, 0.15) is 0 Å². The molecule has 0 heterocycles. The second kappa shape index (κ2) is 19.3. The number of para-hydroxylation sites is 2. The van der Waals surface area contributed by atoms with Crippen molar-refractivity contribution in [3.05, 3.63) is 60.7 Å². The predicted octanol–water partition coefficient (Wildman–Crippen LogP) is 3.99. The lowest BCUT2D eigenvalue weighted by Crippen LogP contribution is -2.25. The second-order valence-corrected chi connectivity index (χ2v) is 7.62. The van der Waals surface area contributed by atoms with Crippen LogP contribution in [0.5, 0.6) is 0 Å². The SMILES string of the molecule is N#CCCN(CCC#N)c1ccccc1.N#CCCN(CCC#N)c1ccccc1.O=S(=O)(O)O. The number of hydrogen-bond acceptors (Lipinski definition) is 8. The van der Waals surface area contributed by atoms with Crippen molar-refractivity contribution in [3.63, 3.8) is 0 Å².